The molecule has 9 heteroatoms. The number of non-ortho nitro benzene ring substituents is 1. The minimum absolute atomic E-state index is 0.0629. The monoisotopic (exact) mass is 419 g/mol. The van der Waals surface area contributed by atoms with Crippen LogP contribution in [0.5, 0.6) is 0 Å². The first kappa shape index (κ1) is 21.4. The van der Waals surface area contributed by atoms with Gasteiger partial charge in [-0.1, -0.05) is 30.3 Å². The summed E-state index contributed by atoms with van der Waals surface area (Å²) >= 11 is 0. The number of hydrogen-bond acceptors (Lipinski definition) is 6. The molecule has 0 radical (unpaired) electrons. The molecule has 156 valence electrons. The molecule has 0 amide bonds. The molecule has 2 aromatic carbocycles. The Morgan fingerprint density at radius 3 is 2.45 bits per heavy atom. The highest BCUT2D eigenvalue weighted by atomic mass is 32.2. The van der Waals surface area contributed by atoms with Crippen molar-refractivity contribution >= 4 is 15.7 Å². The molecule has 0 bridgehead atoms. The van der Waals surface area contributed by atoms with E-state index in [0.717, 1.165) is 24.7 Å². The van der Waals surface area contributed by atoms with Crippen molar-refractivity contribution in [2.24, 2.45) is 0 Å². The van der Waals surface area contributed by atoms with Gasteiger partial charge in [-0.3, -0.25) is 15.0 Å². The Bertz CT molecular complexity index is 973. The van der Waals surface area contributed by atoms with Crippen LogP contribution in [0.1, 0.15) is 22.7 Å². The number of nitrogens with one attached hydrogen (secondary N) is 1. The summed E-state index contributed by atoms with van der Waals surface area (Å²) in [7, 11) is -3.98. The Morgan fingerprint density at radius 2 is 1.83 bits per heavy atom. The van der Waals surface area contributed by atoms with Gasteiger partial charge < -0.3 is 4.74 Å². The number of benzene rings is 2. The molecule has 3 rings (SSSR count). The Kier molecular flexibility index (Phi) is 6.63. The van der Waals surface area contributed by atoms with Gasteiger partial charge in [0.25, 0.3) is 5.69 Å². The summed E-state index contributed by atoms with van der Waals surface area (Å²) in [6, 6.07) is 11.4. The van der Waals surface area contributed by atoms with Crippen LogP contribution in [0.2, 0.25) is 0 Å². The van der Waals surface area contributed by atoms with E-state index in [-0.39, 0.29) is 10.6 Å². The summed E-state index contributed by atoms with van der Waals surface area (Å²) in [4.78, 5) is 12.7. The van der Waals surface area contributed by atoms with Crippen LogP contribution in [-0.2, 0) is 14.8 Å². The molecule has 1 saturated heterocycles. The molecule has 0 spiro atoms. The van der Waals surface area contributed by atoms with Crippen LogP contribution >= 0.6 is 0 Å². The van der Waals surface area contributed by atoms with Crippen LogP contribution in [0.4, 0.5) is 5.69 Å². The lowest BCUT2D eigenvalue weighted by Gasteiger charge is -2.31. The molecule has 1 unspecified atom stereocenters. The number of nitrogens with zero attached hydrogens (tertiary/aromatic N) is 2. The van der Waals surface area contributed by atoms with Crippen molar-refractivity contribution in [3.8, 4) is 0 Å². The molecular weight excluding hydrogens is 394 g/mol. The summed E-state index contributed by atoms with van der Waals surface area (Å²) in [6.45, 7) is 6.48. The van der Waals surface area contributed by atoms with Gasteiger partial charge >= 0.3 is 0 Å². The summed E-state index contributed by atoms with van der Waals surface area (Å²) in [6.07, 6.45) is 0. The number of morpholine rings is 1. The van der Waals surface area contributed by atoms with E-state index in [0.29, 0.717) is 30.9 Å². The molecule has 8 nitrogen and oxygen atoms in total. The summed E-state index contributed by atoms with van der Waals surface area (Å²) in [5.41, 5.74) is 1.66. The average Bonchev–Trinajstić information content (AvgIpc) is 2.70. The zero-order chi connectivity index (χ0) is 21.0. The van der Waals surface area contributed by atoms with Crippen molar-refractivity contribution in [3.05, 3.63) is 69.3 Å². The van der Waals surface area contributed by atoms with Gasteiger partial charge in [0.05, 0.1) is 29.1 Å². The molecule has 0 saturated carbocycles. The van der Waals surface area contributed by atoms with Gasteiger partial charge in [0.15, 0.2) is 0 Å². The fraction of sp³-hybridized carbons (Fsp3) is 0.400. The van der Waals surface area contributed by atoms with Crippen molar-refractivity contribution in [2.45, 2.75) is 24.8 Å². The number of nitro groups is 1. The zero-order valence-corrected chi connectivity index (χ0v) is 17.3. The first-order valence-electron chi connectivity index (χ1n) is 9.41. The first-order valence-corrected chi connectivity index (χ1v) is 10.9. The van der Waals surface area contributed by atoms with Crippen molar-refractivity contribution < 1.29 is 18.1 Å². The van der Waals surface area contributed by atoms with E-state index in [4.69, 9.17) is 4.74 Å². The summed E-state index contributed by atoms with van der Waals surface area (Å²) < 4.78 is 34.6. The molecule has 2 aromatic rings. The lowest BCUT2D eigenvalue weighted by molar-refractivity contribution is -0.385. The third-order valence-corrected chi connectivity index (χ3v) is 6.75. The molecule has 1 aliphatic rings. The Hall–Kier alpha value is -2.33. The smallest absolute Gasteiger partial charge is 0.271 e. The Morgan fingerprint density at radius 1 is 1.17 bits per heavy atom. The number of sulfonamides is 1. The predicted octanol–water partition coefficient (Wildman–Crippen LogP) is 2.56. The van der Waals surface area contributed by atoms with Gasteiger partial charge in [-0.2, -0.15) is 0 Å². The molecular formula is C20H25N3O5S. The van der Waals surface area contributed by atoms with Crippen molar-refractivity contribution in [1.29, 1.82) is 0 Å². The highest BCUT2D eigenvalue weighted by molar-refractivity contribution is 7.89. The van der Waals surface area contributed by atoms with Gasteiger partial charge in [-0.05, 0) is 30.5 Å². The van der Waals surface area contributed by atoms with E-state index < -0.39 is 21.0 Å². The minimum Gasteiger partial charge on any atom is -0.379 e. The highest BCUT2D eigenvalue weighted by Gasteiger charge is 2.27. The topological polar surface area (TPSA) is 102 Å². The fourth-order valence-electron chi connectivity index (χ4n) is 3.38. The van der Waals surface area contributed by atoms with Crippen LogP contribution in [0.3, 0.4) is 0 Å². The van der Waals surface area contributed by atoms with Crippen LogP contribution in [-0.4, -0.2) is 51.1 Å². The number of rotatable bonds is 7. The normalized spacial score (nSPS) is 16.5. The van der Waals surface area contributed by atoms with Crippen LogP contribution in [0.25, 0.3) is 0 Å². The van der Waals surface area contributed by atoms with Crippen LogP contribution in [0.15, 0.2) is 47.4 Å². The number of hydrogen-bond donors (Lipinski definition) is 1. The Balaban J connectivity index is 1.94. The maximum Gasteiger partial charge on any atom is 0.271 e. The second kappa shape index (κ2) is 9.00. The SMILES string of the molecule is Cc1cc([N+](=O)[O-])cc(S(=O)(=O)NC(CN2CCOCC2)c2ccccc2)c1C. The molecule has 1 aliphatic heterocycles. The number of nitro benzene ring substituents is 1. The molecule has 1 atom stereocenters. The lowest BCUT2D eigenvalue weighted by Crippen LogP contribution is -2.43. The first-order chi connectivity index (χ1) is 13.8. The second-order valence-corrected chi connectivity index (χ2v) is 8.82. The van der Waals surface area contributed by atoms with E-state index in [1.54, 1.807) is 13.8 Å². The van der Waals surface area contributed by atoms with Crippen molar-refractivity contribution in [1.82, 2.24) is 9.62 Å². The zero-order valence-electron chi connectivity index (χ0n) is 16.5. The highest BCUT2D eigenvalue weighted by Crippen LogP contribution is 2.27. The second-order valence-electron chi connectivity index (χ2n) is 7.14. The quantitative estimate of drug-likeness (QED) is 0.547. The fourth-order valence-corrected chi connectivity index (χ4v) is 4.93. The number of ether oxygens (including phenoxy) is 1. The molecule has 0 aliphatic carbocycles. The van der Waals surface area contributed by atoms with E-state index in [1.807, 2.05) is 30.3 Å². The lowest BCUT2D eigenvalue weighted by atomic mass is 10.1. The molecule has 0 aromatic heterocycles. The van der Waals surface area contributed by atoms with Gasteiger partial charge in [-0.15, -0.1) is 0 Å². The molecule has 1 fully saturated rings. The van der Waals surface area contributed by atoms with Gasteiger partial charge in [0, 0.05) is 31.8 Å². The van der Waals surface area contributed by atoms with E-state index >= 15 is 0 Å². The predicted molar refractivity (Wildman–Crippen MR) is 109 cm³/mol. The molecule has 29 heavy (non-hydrogen) atoms. The van der Waals surface area contributed by atoms with Crippen molar-refractivity contribution in [3.63, 3.8) is 0 Å². The largest absolute Gasteiger partial charge is 0.379 e. The van der Waals surface area contributed by atoms with Crippen LogP contribution < -0.4 is 4.72 Å². The molecule has 1 N–H and O–H groups in total. The Labute approximate surface area is 170 Å². The van der Waals surface area contributed by atoms with Gasteiger partial charge in [0.1, 0.15) is 0 Å². The third-order valence-electron chi connectivity index (χ3n) is 5.15. The summed E-state index contributed by atoms with van der Waals surface area (Å²) in [5.74, 6) is 0. The van der Waals surface area contributed by atoms with Crippen LogP contribution in [0, 0.1) is 24.0 Å². The average molecular weight is 420 g/mol. The van der Waals surface area contributed by atoms with Gasteiger partial charge in [0.2, 0.25) is 10.0 Å². The number of aryl methyl sites for hydroxylation is 1. The molecule has 1 heterocycles. The third kappa shape index (κ3) is 5.18. The van der Waals surface area contributed by atoms with Gasteiger partial charge in [-0.25, -0.2) is 13.1 Å². The maximum atomic E-state index is 13.2. The van der Waals surface area contributed by atoms with E-state index in [9.17, 15) is 18.5 Å². The minimum atomic E-state index is -3.98. The van der Waals surface area contributed by atoms with Crippen molar-refractivity contribution in [2.75, 3.05) is 32.8 Å². The maximum absolute atomic E-state index is 13.2. The van der Waals surface area contributed by atoms with E-state index in [1.165, 1.54) is 6.07 Å². The summed E-state index contributed by atoms with van der Waals surface area (Å²) in [5, 5.41) is 11.2. The standard InChI is InChI=1S/C20H25N3O5S/c1-15-12-18(23(24)25)13-20(16(15)2)29(26,27)21-19(17-6-4-3-5-7-17)14-22-8-10-28-11-9-22/h3-7,12-13,19,21H,8-11,14H2,1-2H3. The van der Waals surface area contributed by atoms with E-state index in [2.05, 4.69) is 9.62 Å².